The summed E-state index contributed by atoms with van der Waals surface area (Å²) < 4.78 is 0. The Morgan fingerprint density at radius 2 is 1.96 bits per heavy atom. The van der Waals surface area contributed by atoms with Crippen LogP contribution in [-0.2, 0) is 13.0 Å². The van der Waals surface area contributed by atoms with Gasteiger partial charge in [-0.05, 0) is 68.3 Å². The summed E-state index contributed by atoms with van der Waals surface area (Å²) in [6, 6.07) is 8.20. The summed E-state index contributed by atoms with van der Waals surface area (Å²) in [5.41, 5.74) is 2.85. The van der Waals surface area contributed by atoms with Gasteiger partial charge in [0.2, 0.25) is 0 Å². The number of H-pyrrole nitrogens is 1. The van der Waals surface area contributed by atoms with Gasteiger partial charge in [-0.25, -0.2) is 0 Å². The SMILES string of the molecule is CCCCNC(=S)N(CCN(C)C)Cc1cc2cc(CC)ccc2[nH]c1=O. The standard InChI is InChI=1S/C21H32N4OS/c1-5-7-10-22-21(27)25(12-11-24(3)4)15-18-14-17-13-16(6-2)8-9-19(17)23-20(18)26/h8-9,13-14H,5-7,10-12,15H2,1-4H3,(H,22,27)(H,23,26). The molecule has 2 rings (SSSR count). The minimum Gasteiger partial charge on any atom is -0.363 e. The predicted molar refractivity (Wildman–Crippen MR) is 118 cm³/mol. The van der Waals surface area contributed by atoms with Crippen LogP contribution in [0, 0.1) is 0 Å². The number of nitrogens with one attached hydrogen (secondary N) is 2. The van der Waals surface area contributed by atoms with Crippen molar-refractivity contribution < 1.29 is 0 Å². The van der Waals surface area contributed by atoms with E-state index in [-0.39, 0.29) is 5.56 Å². The van der Waals surface area contributed by atoms with Gasteiger partial charge in [-0.1, -0.05) is 26.3 Å². The molecule has 148 valence electrons. The van der Waals surface area contributed by atoms with Gasteiger partial charge in [0.05, 0.1) is 6.54 Å². The molecule has 0 aliphatic heterocycles. The maximum absolute atomic E-state index is 12.6. The number of fused-ring (bicyclic) bond motifs is 1. The first-order chi connectivity index (χ1) is 12.9. The second kappa shape index (κ2) is 10.4. The Bertz CT molecular complexity index is 815. The quantitative estimate of drug-likeness (QED) is 0.511. The van der Waals surface area contributed by atoms with Crippen LogP contribution in [-0.4, -0.2) is 53.6 Å². The molecule has 0 unspecified atom stereocenters. The Kier molecular flexibility index (Phi) is 8.25. The third-order valence-electron chi connectivity index (χ3n) is 4.67. The maximum Gasteiger partial charge on any atom is 0.253 e. The molecule has 27 heavy (non-hydrogen) atoms. The number of thiocarbonyl (C=S) groups is 1. The number of unbranched alkanes of at least 4 members (excludes halogenated alkanes) is 1. The van der Waals surface area contributed by atoms with Gasteiger partial charge in [-0.2, -0.15) is 0 Å². The van der Waals surface area contributed by atoms with Gasteiger partial charge in [-0.3, -0.25) is 4.79 Å². The van der Waals surface area contributed by atoms with Crippen molar-refractivity contribution in [3.05, 3.63) is 45.7 Å². The lowest BCUT2D eigenvalue weighted by Crippen LogP contribution is -2.43. The number of hydrogen-bond acceptors (Lipinski definition) is 3. The molecule has 0 radical (unpaired) electrons. The maximum atomic E-state index is 12.6. The van der Waals surface area contributed by atoms with Crippen LogP contribution in [0.5, 0.6) is 0 Å². The van der Waals surface area contributed by atoms with Crippen LogP contribution in [0.4, 0.5) is 0 Å². The highest BCUT2D eigenvalue weighted by molar-refractivity contribution is 7.80. The van der Waals surface area contributed by atoms with Gasteiger partial charge >= 0.3 is 0 Å². The molecule has 1 aromatic carbocycles. The van der Waals surface area contributed by atoms with Crippen molar-refractivity contribution in [2.75, 3.05) is 33.7 Å². The molecule has 0 saturated carbocycles. The fourth-order valence-electron chi connectivity index (χ4n) is 2.90. The normalized spacial score (nSPS) is 11.1. The number of rotatable bonds is 9. The summed E-state index contributed by atoms with van der Waals surface area (Å²) in [5.74, 6) is 0. The molecule has 0 amide bonds. The van der Waals surface area contributed by atoms with Crippen LogP contribution in [0.1, 0.15) is 37.8 Å². The van der Waals surface area contributed by atoms with Crippen LogP contribution < -0.4 is 10.9 Å². The molecule has 0 saturated heterocycles. The average molecular weight is 389 g/mol. The first-order valence-corrected chi connectivity index (χ1v) is 10.2. The van der Waals surface area contributed by atoms with Crippen LogP contribution in [0.15, 0.2) is 29.1 Å². The van der Waals surface area contributed by atoms with E-state index in [4.69, 9.17) is 12.2 Å². The van der Waals surface area contributed by atoms with Gasteiger partial charge in [0.1, 0.15) is 0 Å². The van der Waals surface area contributed by atoms with Crippen LogP contribution in [0.3, 0.4) is 0 Å². The molecule has 5 nitrogen and oxygen atoms in total. The second-order valence-electron chi connectivity index (χ2n) is 7.21. The minimum atomic E-state index is -0.0436. The Labute approximate surface area is 167 Å². The number of aryl methyl sites for hydroxylation is 1. The molecule has 1 heterocycles. The lowest BCUT2D eigenvalue weighted by Gasteiger charge is -2.27. The molecule has 2 N–H and O–H groups in total. The Balaban J connectivity index is 2.24. The van der Waals surface area contributed by atoms with Crippen molar-refractivity contribution in [2.24, 2.45) is 0 Å². The van der Waals surface area contributed by atoms with Gasteiger partial charge in [0, 0.05) is 30.7 Å². The molecule has 0 bridgehead atoms. The number of nitrogens with zero attached hydrogens (tertiary/aromatic N) is 2. The van der Waals surface area contributed by atoms with Gasteiger partial charge in [-0.15, -0.1) is 0 Å². The molecule has 0 spiro atoms. The molecular weight excluding hydrogens is 356 g/mol. The topological polar surface area (TPSA) is 51.4 Å². The third-order valence-corrected chi connectivity index (χ3v) is 5.07. The van der Waals surface area contributed by atoms with E-state index in [0.717, 1.165) is 55.4 Å². The Morgan fingerprint density at radius 3 is 2.63 bits per heavy atom. The highest BCUT2D eigenvalue weighted by Crippen LogP contribution is 2.15. The van der Waals surface area contributed by atoms with Crippen molar-refractivity contribution in [2.45, 2.75) is 39.7 Å². The summed E-state index contributed by atoms with van der Waals surface area (Å²) in [7, 11) is 4.09. The number of hydrogen-bond donors (Lipinski definition) is 2. The molecule has 0 atom stereocenters. The average Bonchev–Trinajstić information content (AvgIpc) is 2.64. The lowest BCUT2D eigenvalue weighted by atomic mass is 10.1. The van der Waals surface area contributed by atoms with E-state index in [1.54, 1.807) is 0 Å². The van der Waals surface area contributed by atoms with E-state index in [1.165, 1.54) is 5.56 Å². The lowest BCUT2D eigenvalue weighted by molar-refractivity contribution is 0.322. The van der Waals surface area contributed by atoms with Crippen molar-refractivity contribution in [3.63, 3.8) is 0 Å². The van der Waals surface area contributed by atoms with Crippen LogP contribution in [0.2, 0.25) is 0 Å². The zero-order valence-corrected chi connectivity index (χ0v) is 17.8. The van der Waals surface area contributed by atoms with Crippen molar-refractivity contribution in [1.29, 1.82) is 0 Å². The minimum absolute atomic E-state index is 0.0436. The fraction of sp³-hybridized carbons (Fsp3) is 0.524. The summed E-state index contributed by atoms with van der Waals surface area (Å²) in [6.45, 7) is 7.32. The van der Waals surface area contributed by atoms with Crippen LogP contribution >= 0.6 is 12.2 Å². The largest absolute Gasteiger partial charge is 0.363 e. The monoisotopic (exact) mass is 388 g/mol. The van der Waals surface area contributed by atoms with Gasteiger partial charge in [0.25, 0.3) is 5.56 Å². The molecule has 0 aliphatic rings. The van der Waals surface area contributed by atoms with Crippen molar-refractivity contribution >= 4 is 28.2 Å². The first kappa shape index (κ1) is 21.4. The van der Waals surface area contributed by atoms with E-state index >= 15 is 0 Å². The number of aromatic amines is 1. The van der Waals surface area contributed by atoms with Crippen molar-refractivity contribution in [3.8, 4) is 0 Å². The summed E-state index contributed by atoms with van der Waals surface area (Å²) >= 11 is 5.60. The third kappa shape index (κ3) is 6.33. The molecule has 1 aromatic heterocycles. The number of likely N-dealkylation sites (N-methyl/N-ethyl adjacent to an activating group) is 1. The summed E-state index contributed by atoms with van der Waals surface area (Å²) in [6.07, 6.45) is 3.18. The predicted octanol–water partition coefficient (Wildman–Crippen LogP) is 3.13. The van der Waals surface area contributed by atoms with Gasteiger partial charge in [0.15, 0.2) is 5.11 Å². The molecule has 2 aromatic rings. The molecule has 0 aliphatic carbocycles. The van der Waals surface area contributed by atoms with E-state index in [0.29, 0.717) is 11.7 Å². The fourth-order valence-corrected chi connectivity index (χ4v) is 3.16. The first-order valence-electron chi connectivity index (χ1n) is 9.77. The molecule has 6 heteroatoms. The smallest absolute Gasteiger partial charge is 0.253 e. The van der Waals surface area contributed by atoms with Crippen LogP contribution in [0.25, 0.3) is 10.9 Å². The molecule has 0 fully saturated rings. The van der Waals surface area contributed by atoms with E-state index < -0.39 is 0 Å². The van der Waals surface area contributed by atoms with E-state index in [1.807, 2.05) is 26.2 Å². The van der Waals surface area contributed by atoms with Crippen molar-refractivity contribution in [1.82, 2.24) is 20.1 Å². The van der Waals surface area contributed by atoms with E-state index in [9.17, 15) is 4.79 Å². The number of benzene rings is 1. The zero-order chi connectivity index (χ0) is 19.8. The zero-order valence-electron chi connectivity index (χ0n) is 17.0. The van der Waals surface area contributed by atoms with Gasteiger partial charge < -0.3 is 20.1 Å². The van der Waals surface area contributed by atoms with E-state index in [2.05, 4.69) is 46.1 Å². The second-order valence-corrected chi connectivity index (χ2v) is 7.60. The Hall–Kier alpha value is -1.92. The molecular formula is C21H32N4OS. The number of pyridine rings is 1. The summed E-state index contributed by atoms with van der Waals surface area (Å²) in [4.78, 5) is 19.8. The highest BCUT2D eigenvalue weighted by atomic mass is 32.1. The number of aromatic nitrogens is 1. The highest BCUT2D eigenvalue weighted by Gasteiger charge is 2.13. The summed E-state index contributed by atoms with van der Waals surface area (Å²) in [5, 5.41) is 5.11. The Morgan fingerprint density at radius 1 is 1.19 bits per heavy atom.